The molecule has 0 atom stereocenters. The van der Waals surface area contributed by atoms with Crippen LogP contribution in [-0.2, 0) is 6.42 Å². The van der Waals surface area contributed by atoms with Gasteiger partial charge in [0.2, 0.25) is 0 Å². The van der Waals surface area contributed by atoms with Crippen LogP contribution in [0.15, 0.2) is 67.4 Å². The summed E-state index contributed by atoms with van der Waals surface area (Å²) in [6.45, 7) is 6.68. The molecule has 2 aromatic rings. The van der Waals surface area contributed by atoms with Gasteiger partial charge in [-0.25, -0.2) is 0 Å². The summed E-state index contributed by atoms with van der Waals surface area (Å²) >= 11 is 1.29. The Labute approximate surface area is 186 Å². The Hall–Kier alpha value is -2.21. The fourth-order valence-electron chi connectivity index (χ4n) is 3.67. The highest BCUT2D eigenvalue weighted by Gasteiger charge is 2.19. The molecule has 0 amide bonds. The second-order valence-electron chi connectivity index (χ2n) is 7.70. The van der Waals surface area contributed by atoms with Crippen molar-refractivity contribution in [1.29, 1.82) is 0 Å². The van der Waals surface area contributed by atoms with Crippen molar-refractivity contribution in [3.05, 3.63) is 78.5 Å². The fourth-order valence-corrected chi connectivity index (χ4v) is 4.15. The molecule has 160 valence electrons. The van der Waals surface area contributed by atoms with Crippen molar-refractivity contribution in [2.24, 2.45) is 5.14 Å². The third kappa shape index (κ3) is 6.14. The molecular weight excluding hydrogens is 388 g/mol. The van der Waals surface area contributed by atoms with Gasteiger partial charge in [-0.15, -0.1) is 6.58 Å². The quantitative estimate of drug-likeness (QED) is 0.258. The number of rotatable bonds is 13. The predicted molar refractivity (Wildman–Crippen MR) is 134 cm³/mol. The van der Waals surface area contributed by atoms with Crippen LogP contribution >= 0.6 is 12.1 Å². The van der Waals surface area contributed by atoms with Crippen molar-refractivity contribution in [1.82, 2.24) is 5.32 Å². The summed E-state index contributed by atoms with van der Waals surface area (Å²) in [5, 5.41) is 9.04. The molecule has 1 heterocycles. The maximum absolute atomic E-state index is 5.86. The van der Waals surface area contributed by atoms with E-state index >= 15 is 0 Å². The van der Waals surface area contributed by atoms with Gasteiger partial charge >= 0.3 is 0 Å². The maximum atomic E-state index is 5.86. The third-order valence-electron chi connectivity index (χ3n) is 5.46. The number of anilines is 2. The Bertz CT molecular complexity index is 831. The molecule has 0 radical (unpaired) electrons. The van der Waals surface area contributed by atoms with Crippen LogP contribution in [0.1, 0.15) is 36.8 Å². The Morgan fingerprint density at radius 1 is 1.17 bits per heavy atom. The monoisotopic (exact) mass is 422 g/mol. The molecule has 2 aromatic carbocycles. The zero-order valence-corrected chi connectivity index (χ0v) is 18.8. The molecule has 30 heavy (non-hydrogen) atoms. The van der Waals surface area contributed by atoms with Crippen LogP contribution in [-0.4, -0.2) is 26.7 Å². The fraction of sp³-hybridized carbons (Fsp3) is 0.360. The number of benzene rings is 2. The van der Waals surface area contributed by atoms with Gasteiger partial charge in [0.1, 0.15) is 0 Å². The van der Waals surface area contributed by atoms with E-state index in [0.717, 1.165) is 44.6 Å². The molecule has 4 nitrogen and oxygen atoms in total. The van der Waals surface area contributed by atoms with E-state index in [-0.39, 0.29) is 0 Å². The highest BCUT2D eigenvalue weighted by Crippen LogP contribution is 2.32. The molecule has 0 unspecified atom stereocenters. The lowest BCUT2D eigenvalue weighted by Gasteiger charge is -2.32. The van der Waals surface area contributed by atoms with Crippen molar-refractivity contribution in [3.63, 3.8) is 0 Å². The number of nitrogens with one attached hydrogen (secondary N) is 1. The first-order valence-electron chi connectivity index (χ1n) is 10.8. The smallest absolute Gasteiger partial charge is 0.0496 e. The van der Waals surface area contributed by atoms with E-state index < -0.39 is 0 Å². The van der Waals surface area contributed by atoms with Crippen LogP contribution in [0.4, 0.5) is 11.4 Å². The lowest BCUT2D eigenvalue weighted by Crippen LogP contribution is -2.28. The molecule has 0 fully saturated rings. The Kier molecular flexibility index (Phi) is 8.87. The van der Waals surface area contributed by atoms with E-state index in [1.807, 2.05) is 13.1 Å². The van der Waals surface area contributed by atoms with Crippen molar-refractivity contribution in [2.45, 2.75) is 32.1 Å². The van der Waals surface area contributed by atoms with E-state index in [2.05, 4.69) is 75.8 Å². The SMILES string of the molecule is C=CCCCCc1cccc(C2=CN(c3ccc(N(CCCNC)SN)cc3)C2)c1. The number of hydrogen-bond acceptors (Lipinski definition) is 5. The molecule has 3 rings (SSSR count). The standard InChI is InChI=1S/C25H34N4S/c1-3-4-5-6-9-21-10-7-11-22(18-21)23-19-28(20-23)24-12-14-25(15-13-24)29(30-26)17-8-16-27-2/h3,7,10-15,18-19,27H,1,4-6,8-9,16-17,20,26H2,2H3. The topological polar surface area (TPSA) is 44.5 Å². The zero-order chi connectivity index (χ0) is 21.2. The molecule has 1 aliphatic heterocycles. The zero-order valence-electron chi connectivity index (χ0n) is 18.0. The second-order valence-corrected chi connectivity index (χ2v) is 8.35. The minimum absolute atomic E-state index is 0.930. The summed E-state index contributed by atoms with van der Waals surface area (Å²) in [5.74, 6) is 0. The highest BCUT2D eigenvalue weighted by molar-refractivity contribution is 7.98. The van der Waals surface area contributed by atoms with Crippen LogP contribution in [0.25, 0.3) is 5.57 Å². The van der Waals surface area contributed by atoms with Gasteiger partial charge in [-0.3, -0.25) is 5.14 Å². The van der Waals surface area contributed by atoms with Crippen LogP contribution in [0.3, 0.4) is 0 Å². The maximum Gasteiger partial charge on any atom is 0.0496 e. The summed E-state index contributed by atoms with van der Waals surface area (Å²) in [4.78, 5) is 2.30. The molecule has 5 heteroatoms. The van der Waals surface area contributed by atoms with Gasteiger partial charge in [0, 0.05) is 42.8 Å². The Morgan fingerprint density at radius 2 is 1.97 bits per heavy atom. The van der Waals surface area contributed by atoms with Crippen molar-refractivity contribution >= 4 is 29.1 Å². The summed E-state index contributed by atoms with van der Waals surface area (Å²) in [5.41, 5.74) is 6.55. The normalized spacial score (nSPS) is 13.0. The third-order valence-corrected chi connectivity index (χ3v) is 6.11. The van der Waals surface area contributed by atoms with Gasteiger partial charge in [0.25, 0.3) is 0 Å². The van der Waals surface area contributed by atoms with Gasteiger partial charge in [-0.1, -0.05) is 30.3 Å². The highest BCUT2D eigenvalue weighted by atomic mass is 32.2. The largest absolute Gasteiger partial charge is 0.343 e. The number of hydrogen-bond donors (Lipinski definition) is 2. The molecular formula is C25H34N4S. The summed E-state index contributed by atoms with van der Waals surface area (Å²) in [6, 6.07) is 17.7. The lowest BCUT2D eigenvalue weighted by molar-refractivity contribution is 0.735. The average molecular weight is 423 g/mol. The number of unbranched alkanes of at least 4 members (excludes halogenated alkanes) is 2. The first kappa shape index (κ1) is 22.5. The van der Waals surface area contributed by atoms with Crippen LogP contribution < -0.4 is 19.7 Å². The number of allylic oxidation sites excluding steroid dienone is 1. The minimum atomic E-state index is 0.930. The van der Waals surface area contributed by atoms with Crippen LogP contribution in [0.2, 0.25) is 0 Å². The average Bonchev–Trinajstić information content (AvgIpc) is 2.74. The number of nitrogens with two attached hydrogens (primary N) is 1. The van der Waals surface area contributed by atoms with E-state index in [1.165, 1.54) is 47.4 Å². The Balaban J connectivity index is 1.57. The van der Waals surface area contributed by atoms with Crippen LogP contribution in [0, 0.1) is 0 Å². The molecule has 0 saturated heterocycles. The first-order chi connectivity index (χ1) is 14.7. The molecule has 0 bridgehead atoms. The number of nitrogens with zero attached hydrogens (tertiary/aromatic N) is 2. The molecule has 0 aliphatic carbocycles. The molecule has 0 saturated carbocycles. The van der Waals surface area contributed by atoms with Gasteiger partial charge in [-0.05, 0) is 86.7 Å². The summed E-state index contributed by atoms with van der Waals surface area (Å²) in [6.07, 6.45) is 10.0. The van der Waals surface area contributed by atoms with Crippen molar-refractivity contribution in [2.75, 3.05) is 35.9 Å². The van der Waals surface area contributed by atoms with E-state index in [1.54, 1.807) is 0 Å². The van der Waals surface area contributed by atoms with E-state index in [4.69, 9.17) is 5.14 Å². The van der Waals surface area contributed by atoms with E-state index in [9.17, 15) is 0 Å². The van der Waals surface area contributed by atoms with Gasteiger partial charge in [-0.2, -0.15) is 0 Å². The summed E-state index contributed by atoms with van der Waals surface area (Å²) in [7, 11) is 1.98. The van der Waals surface area contributed by atoms with Gasteiger partial charge in [0.05, 0.1) is 0 Å². The lowest BCUT2D eigenvalue weighted by atomic mass is 9.97. The molecule has 0 aromatic heterocycles. The van der Waals surface area contributed by atoms with Crippen LogP contribution in [0.5, 0.6) is 0 Å². The predicted octanol–water partition coefficient (Wildman–Crippen LogP) is 5.38. The van der Waals surface area contributed by atoms with E-state index in [0.29, 0.717) is 0 Å². The minimum Gasteiger partial charge on any atom is -0.343 e. The van der Waals surface area contributed by atoms with Gasteiger partial charge in [0.15, 0.2) is 0 Å². The van der Waals surface area contributed by atoms with Gasteiger partial charge < -0.3 is 14.5 Å². The molecule has 3 N–H and O–H groups in total. The summed E-state index contributed by atoms with van der Waals surface area (Å²) < 4.78 is 2.14. The molecule has 1 aliphatic rings. The van der Waals surface area contributed by atoms with Crippen molar-refractivity contribution < 1.29 is 0 Å². The second kappa shape index (κ2) is 11.8. The first-order valence-corrected chi connectivity index (χ1v) is 11.7. The Morgan fingerprint density at radius 3 is 2.67 bits per heavy atom. The van der Waals surface area contributed by atoms with Crippen molar-refractivity contribution in [3.8, 4) is 0 Å². The molecule has 0 spiro atoms. The number of aryl methyl sites for hydroxylation is 1.